The van der Waals surface area contributed by atoms with E-state index in [-0.39, 0.29) is 0 Å². The van der Waals surface area contributed by atoms with Crippen molar-refractivity contribution < 1.29 is 0 Å². The normalized spacial score (nSPS) is 24.2. The summed E-state index contributed by atoms with van der Waals surface area (Å²) in [4.78, 5) is 4.22. The predicted octanol–water partition coefficient (Wildman–Crippen LogP) is 3.65. The van der Waals surface area contributed by atoms with Crippen LogP contribution in [0.4, 0.5) is 5.82 Å². The molecule has 0 aromatic carbocycles. The van der Waals surface area contributed by atoms with Crippen molar-refractivity contribution in [1.82, 2.24) is 10.3 Å². The molecule has 21 heavy (non-hydrogen) atoms. The maximum absolute atomic E-state index is 6.02. The summed E-state index contributed by atoms with van der Waals surface area (Å²) < 4.78 is 0. The first kappa shape index (κ1) is 16.3. The van der Waals surface area contributed by atoms with Crippen LogP contribution in [0.15, 0.2) is 18.3 Å². The molecule has 0 spiro atoms. The van der Waals surface area contributed by atoms with E-state index in [1.54, 1.807) is 6.20 Å². The van der Waals surface area contributed by atoms with Gasteiger partial charge in [0.25, 0.3) is 0 Å². The summed E-state index contributed by atoms with van der Waals surface area (Å²) in [6, 6.07) is 4.64. The molecule has 1 unspecified atom stereocenters. The molecule has 3 nitrogen and oxygen atoms in total. The third kappa shape index (κ3) is 4.44. The summed E-state index contributed by atoms with van der Waals surface area (Å²) in [5.74, 6) is 3.22. The SMILES string of the molecule is CCNC(Cc1cccnc1N)C1CCC(C(C)C)CC1. The van der Waals surface area contributed by atoms with E-state index in [0.717, 1.165) is 30.7 Å². The average molecular weight is 289 g/mol. The first-order valence-electron chi connectivity index (χ1n) is 8.54. The molecule has 1 aromatic heterocycles. The van der Waals surface area contributed by atoms with Gasteiger partial charge in [-0.1, -0.05) is 26.8 Å². The molecule has 2 rings (SSSR count). The van der Waals surface area contributed by atoms with E-state index < -0.39 is 0 Å². The van der Waals surface area contributed by atoms with Gasteiger partial charge in [0.05, 0.1) is 0 Å². The number of aromatic nitrogens is 1. The fourth-order valence-corrected chi connectivity index (χ4v) is 3.74. The predicted molar refractivity (Wildman–Crippen MR) is 90.1 cm³/mol. The molecule has 0 saturated heterocycles. The number of nitrogens with one attached hydrogen (secondary N) is 1. The van der Waals surface area contributed by atoms with Gasteiger partial charge in [0.15, 0.2) is 0 Å². The molecule has 0 aliphatic heterocycles. The van der Waals surface area contributed by atoms with Crippen LogP contribution in [0.1, 0.15) is 52.0 Å². The van der Waals surface area contributed by atoms with Crippen molar-refractivity contribution in [2.75, 3.05) is 12.3 Å². The molecule has 1 aliphatic rings. The Morgan fingerprint density at radius 1 is 1.24 bits per heavy atom. The number of nitrogens with two attached hydrogens (primary N) is 1. The minimum atomic E-state index is 0.537. The maximum atomic E-state index is 6.02. The number of anilines is 1. The summed E-state index contributed by atoms with van der Waals surface area (Å²) in [5, 5.41) is 3.69. The molecule has 1 heterocycles. The van der Waals surface area contributed by atoms with E-state index in [0.29, 0.717) is 11.9 Å². The van der Waals surface area contributed by atoms with Gasteiger partial charge in [-0.25, -0.2) is 4.98 Å². The van der Waals surface area contributed by atoms with Gasteiger partial charge in [0.2, 0.25) is 0 Å². The van der Waals surface area contributed by atoms with Gasteiger partial charge in [0, 0.05) is 12.2 Å². The summed E-state index contributed by atoms with van der Waals surface area (Å²) >= 11 is 0. The molecule has 118 valence electrons. The van der Waals surface area contributed by atoms with Crippen LogP contribution in [0.2, 0.25) is 0 Å². The van der Waals surface area contributed by atoms with Crippen molar-refractivity contribution in [2.24, 2.45) is 17.8 Å². The number of nitrogens with zero attached hydrogens (tertiary/aromatic N) is 1. The van der Waals surface area contributed by atoms with Gasteiger partial charge in [-0.05, 0) is 68.0 Å². The van der Waals surface area contributed by atoms with Crippen molar-refractivity contribution in [3.05, 3.63) is 23.9 Å². The Bertz CT molecular complexity index is 422. The third-order valence-electron chi connectivity index (χ3n) is 5.16. The number of pyridine rings is 1. The quantitative estimate of drug-likeness (QED) is 0.840. The molecular weight excluding hydrogens is 258 g/mol. The zero-order valence-corrected chi connectivity index (χ0v) is 13.8. The summed E-state index contributed by atoms with van der Waals surface area (Å²) in [6.07, 6.45) is 8.24. The van der Waals surface area contributed by atoms with Gasteiger partial charge in [-0.3, -0.25) is 0 Å². The van der Waals surface area contributed by atoms with Crippen molar-refractivity contribution in [2.45, 2.75) is 58.9 Å². The first-order valence-corrected chi connectivity index (χ1v) is 8.54. The van der Waals surface area contributed by atoms with Gasteiger partial charge in [-0.2, -0.15) is 0 Å². The second-order valence-corrected chi connectivity index (χ2v) is 6.83. The first-order chi connectivity index (χ1) is 10.1. The monoisotopic (exact) mass is 289 g/mol. The largest absolute Gasteiger partial charge is 0.383 e. The lowest BCUT2D eigenvalue weighted by Gasteiger charge is -2.36. The van der Waals surface area contributed by atoms with Crippen molar-refractivity contribution >= 4 is 5.82 Å². The fourth-order valence-electron chi connectivity index (χ4n) is 3.74. The van der Waals surface area contributed by atoms with Crippen LogP contribution in [-0.2, 0) is 6.42 Å². The summed E-state index contributed by atoms with van der Waals surface area (Å²) in [6.45, 7) is 7.94. The van der Waals surface area contributed by atoms with Crippen LogP contribution in [0.5, 0.6) is 0 Å². The van der Waals surface area contributed by atoms with Crippen LogP contribution in [0, 0.1) is 17.8 Å². The smallest absolute Gasteiger partial charge is 0.126 e. The van der Waals surface area contributed by atoms with Crippen LogP contribution in [-0.4, -0.2) is 17.6 Å². The standard InChI is InChI=1S/C18H31N3/c1-4-20-17(12-16-6-5-11-21-18(16)19)15-9-7-14(8-10-15)13(2)3/h5-6,11,13-15,17,20H,4,7-10,12H2,1-3H3,(H2,19,21). The number of rotatable bonds is 6. The second-order valence-electron chi connectivity index (χ2n) is 6.83. The minimum absolute atomic E-state index is 0.537. The number of hydrogen-bond acceptors (Lipinski definition) is 3. The van der Waals surface area contributed by atoms with Gasteiger partial charge in [-0.15, -0.1) is 0 Å². The molecule has 0 radical (unpaired) electrons. The molecule has 0 amide bonds. The van der Waals surface area contributed by atoms with Crippen LogP contribution >= 0.6 is 0 Å². The highest BCUT2D eigenvalue weighted by molar-refractivity contribution is 5.39. The van der Waals surface area contributed by atoms with Gasteiger partial charge in [0.1, 0.15) is 5.82 Å². The number of nitrogen functional groups attached to an aromatic ring is 1. The molecule has 1 saturated carbocycles. The van der Waals surface area contributed by atoms with E-state index in [2.05, 4.69) is 37.1 Å². The summed E-state index contributed by atoms with van der Waals surface area (Å²) in [7, 11) is 0. The highest BCUT2D eigenvalue weighted by Gasteiger charge is 2.28. The summed E-state index contributed by atoms with van der Waals surface area (Å²) in [5.41, 5.74) is 7.21. The van der Waals surface area contributed by atoms with Crippen molar-refractivity contribution in [3.63, 3.8) is 0 Å². The minimum Gasteiger partial charge on any atom is -0.383 e. The lowest BCUT2D eigenvalue weighted by Crippen LogP contribution is -2.40. The van der Waals surface area contributed by atoms with E-state index >= 15 is 0 Å². The Labute approximate surface area is 129 Å². The number of hydrogen-bond donors (Lipinski definition) is 2. The fraction of sp³-hybridized carbons (Fsp3) is 0.722. The Morgan fingerprint density at radius 2 is 1.90 bits per heavy atom. The van der Waals surface area contributed by atoms with Crippen LogP contribution < -0.4 is 11.1 Å². The van der Waals surface area contributed by atoms with E-state index in [1.165, 1.54) is 31.2 Å². The van der Waals surface area contributed by atoms with E-state index in [4.69, 9.17) is 5.73 Å². The maximum Gasteiger partial charge on any atom is 0.126 e. The van der Waals surface area contributed by atoms with Crippen molar-refractivity contribution in [1.29, 1.82) is 0 Å². The zero-order chi connectivity index (χ0) is 15.2. The van der Waals surface area contributed by atoms with Gasteiger partial charge < -0.3 is 11.1 Å². The molecule has 1 aliphatic carbocycles. The lowest BCUT2D eigenvalue weighted by molar-refractivity contribution is 0.188. The van der Waals surface area contributed by atoms with E-state index in [1.807, 2.05) is 6.07 Å². The average Bonchev–Trinajstić information content (AvgIpc) is 2.49. The number of likely N-dealkylation sites (N-methyl/N-ethyl adjacent to an activating group) is 1. The highest BCUT2D eigenvalue weighted by Crippen LogP contribution is 2.35. The molecule has 1 aromatic rings. The third-order valence-corrected chi connectivity index (χ3v) is 5.16. The second kappa shape index (κ2) is 7.79. The molecule has 0 bridgehead atoms. The van der Waals surface area contributed by atoms with Gasteiger partial charge >= 0.3 is 0 Å². The molecular formula is C18H31N3. The molecule has 3 heteroatoms. The Balaban J connectivity index is 1.98. The Kier molecular flexibility index (Phi) is 6.04. The molecule has 1 fully saturated rings. The Morgan fingerprint density at radius 3 is 2.48 bits per heavy atom. The topological polar surface area (TPSA) is 50.9 Å². The van der Waals surface area contributed by atoms with Crippen molar-refractivity contribution in [3.8, 4) is 0 Å². The van der Waals surface area contributed by atoms with E-state index in [9.17, 15) is 0 Å². The van der Waals surface area contributed by atoms with Crippen LogP contribution in [0.3, 0.4) is 0 Å². The highest BCUT2D eigenvalue weighted by atomic mass is 14.9. The Hall–Kier alpha value is -1.09. The molecule has 1 atom stereocenters. The molecule has 3 N–H and O–H groups in total. The lowest BCUT2D eigenvalue weighted by atomic mass is 9.73. The zero-order valence-electron chi connectivity index (χ0n) is 13.8. The van der Waals surface area contributed by atoms with Crippen LogP contribution in [0.25, 0.3) is 0 Å².